The van der Waals surface area contributed by atoms with Gasteiger partial charge in [-0.2, -0.15) is 0 Å². The van der Waals surface area contributed by atoms with Crippen LogP contribution in [0, 0.1) is 0 Å². The van der Waals surface area contributed by atoms with E-state index in [1.807, 2.05) is 42.5 Å². The van der Waals surface area contributed by atoms with Crippen molar-refractivity contribution in [2.24, 2.45) is 10.2 Å². The average Bonchev–Trinajstić information content (AvgIpc) is 2.67. The second-order valence-corrected chi connectivity index (χ2v) is 4.48. The van der Waals surface area contributed by atoms with Crippen molar-refractivity contribution < 1.29 is 5.11 Å². The van der Waals surface area contributed by atoms with Gasteiger partial charge in [0.1, 0.15) is 11.4 Å². The van der Waals surface area contributed by atoms with Gasteiger partial charge in [0.2, 0.25) is 0 Å². The molecule has 0 spiro atoms. The smallest absolute Gasteiger partial charge is 0.127 e. The van der Waals surface area contributed by atoms with Crippen LogP contribution in [0.25, 0.3) is 16.8 Å². The number of rotatable bonds is 0. The van der Waals surface area contributed by atoms with Crippen LogP contribution in [0.1, 0.15) is 11.1 Å². The van der Waals surface area contributed by atoms with Crippen molar-refractivity contribution in [1.82, 2.24) is 0 Å². The Kier molecular flexibility index (Phi) is 1.75. The number of hydrogen-bond donors (Lipinski definition) is 1. The zero-order chi connectivity index (χ0) is 12.1. The first kappa shape index (κ1) is 9.59. The number of hydrogen-bond acceptors (Lipinski definition) is 3. The molecule has 0 aromatic heterocycles. The summed E-state index contributed by atoms with van der Waals surface area (Å²) in [6.07, 6.45) is 8.72. The lowest BCUT2D eigenvalue weighted by molar-refractivity contribution is 0.476. The van der Waals surface area contributed by atoms with Crippen molar-refractivity contribution in [3.8, 4) is 5.75 Å². The van der Waals surface area contributed by atoms with Crippen LogP contribution < -0.4 is 0 Å². The molecule has 3 nitrogen and oxygen atoms in total. The van der Waals surface area contributed by atoms with Crippen LogP contribution in [-0.2, 0) is 6.42 Å². The summed E-state index contributed by atoms with van der Waals surface area (Å²) in [7, 11) is 0. The van der Waals surface area contributed by atoms with Crippen LogP contribution in [0.3, 0.4) is 0 Å². The summed E-state index contributed by atoms with van der Waals surface area (Å²) in [6.45, 7) is 0. The van der Waals surface area contributed by atoms with E-state index in [2.05, 4.69) is 10.2 Å². The van der Waals surface area contributed by atoms with Gasteiger partial charge in [-0.1, -0.05) is 36.4 Å². The highest BCUT2D eigenvalue weighted by atomic mass is 16.3. The lowest BCUT2D eigenvalue weighted by Gasteiger charge is -2.11. The summed E-state index contributed by atoms with van der Waals surface area (Å²) in [5.74, 6) is 0.356. The van der Waals surface area contributed by atoms with Crippen LogP contribution in [0.15, 0.2) is 46.7 Å². The van der Waals surface area contributed by atoms with E-state index in [1.165, 1.54) is 0 Å². The number of nitrogens with zero attached hydrogens (tertiary/aromatic N) is 2. The average molecular weight is 234 g/mol. The van der Waals surface area contributed by atoms with Gasteiger partial charge in [0, 0.05) is 21.9 Å². The molecule has 0 atom stereocenters. The third kappa shape index (κ3) is 1.08. The molecule has 0 saturated heterocycles. The van der Waals surface area contributed by atoms with Crippen LogP contribution in [0.5, 0.6) is 5.75 Å². The minimum atomic E-state index is 0.356. The molecule has 1 heterocycles. The molecule has 0 fully saturated rings. The summed E-state index contributed by atoms with van der Waals surface area (Å²) in [5, 5.41) is 20.7. The van der Waals surface area contributed by atoms with Gasteiger partial charge in [-0.25, -0.2) is 0 Å². The minimum absolute atomic E-state index is 0.356. The van der Waals surface area contributed by atoms with E-state index in [0.717, 1.165) is 39.7 Å². The van der Waals surface area contributed by atoms with E-state index < -0.39 is 0 Å². The first-order valence-electron chi connectivity index (χ1n) is 5.92. The zero-order valence-corrected chi connectivity index (χ0v) is 9.59. The summed E-state index contributed by atoms with van der Waals surface area (Å²) < 4.78 is 0. The van der Waals surface area contributed by atoms with E-state index in [-0.39, 0.29) is 0 Å². The van der Waals surface area contributed by atoms with Gasteiger partial charge in [-0.3, -0.25) is 0 Å². The van der Waals surface area contributed by atoms with E-state index in [9.17, 15) is 5.11 Å². The van der Waals surface area contributed by atoms with Crippen molar-refractivity contribution in [3.05, 3.63) is 47.6 Å². The fourth-order valence-corrected chi connectivity index (χ4v) is 2.65. The third-order valence-electron chi connectivity index (χ3n) is 3.49. The second kappa shape index (κ2) is 3.29. The lowest BCUT2D eigenvalue weighted by atomic mass is 9.95. The SMILES string of the molecule is Oc1c2c(c3c4c(cccc14)N=N3)C=CC=CC2. The normalized spacial score (nSPS) is 15.1. The van der Waals surface area contributed by atoms with Gasteiger partial charge in [-0.15, -0.1) is 10.2 Å². The maximum absolute atomic E-state index is 10.4. The maximum Gasteiger partial charge on any atom is 0.127 e. The Labute approximate surface area is 104 Å². The first-order chi connectivity index (χ1) is 8.86. The Bertz CT molecular complexity index is 770. The van der Waals surface area contributed by atoms with Crippen LogP contribution in [-0.4, -0.2) is 5.11 Å². The van der Waals surface area contributed by atoms with Gasteiger partial charge in [-0.05, 0) is 12.5 Å². The Morgan fingerprint density at radius 2 is 2.06 bits per heavy atom. The summed E-state index contributed by atoms with van der Waals surface area (Å²) >= 11 is 0. The van der Waals surface area contributed by atoms with Crippen LogP contribution in [0.2, 0.25) is 0 Å². The molecule has 3 heteroatoms. The molecule has 2 aliphatic rings. The predicted molar refractivity (Wildman–Crippen MR) is 71.7 cm³/mol. The second-order valence-electron chi connectivity index (χ2n) is 4.48. The fourth-order valence-electron chi connectivity index (χ4n) is 2.65. The maximum atomic E-state index is 10.4. The number of phenols is 1. The van der Waals surface area contributed by atoms with Crippen molar-refractivity contribution in [2.75, 3.05) is 0 Å². The minimum Gasteiger partial charge on any atom is -0.507 e. The van der Waals surface area contributed by atoms with E-state index in [0.29, 0.717) is 5.75 Å². The molecule has 1 N–H and O–H groups in total. The molecule has 0 bridgehead atoms. The number of allylic oxidation sites excluding steroid dienone is 3. The van der Waals surface area contributed by atoms with Crippen molar-refractivity contribution in [3.63, 3.8) is 0 Å². The molecule has 0 amide bonds. The molecular formula is C15H10N2O. The molecular weight excluding hydrogens is 224 g/mol. The molecule has 2 aromatic carbocycles. The van der Waals surface area contributed by atoms with Crippen LogP contribution >= 0.6 is 0 Å². The standard InChI is InChI=1S/C15H10N2O/c18-15-10-6-3-1-2-5-9(10)14-13-11(15)7-4-8-12(13)16-17-14/h1-5,7-8,18H,6H2. The predicted octanol–water partition coefficient (Wildman–Crippen LogP) is 4.40. The number of phenolic OH excluding ortho intramolecular Hbond substituents is 1. The monoisotopic (exact) mass is 234 g/mol. The molecule has 4 rings (SSSR count). The lowest BCUT2D eigenvalue weighted by Crippen LogP contribution is -1.90. The number of fused-ring (bicyclic) bond motifs is 2. The molecule has 1 aliphatic heterocycles. The molecule has 0 saturated carbocycles. The van der Waals surface area contributed by atoms with E-state index in [1.54, 1.807) is 0 Å². The van der Waals surface area contributed by atoms with E-state index in [4.69, 9.17) is 0 Å². The summed E-state index contributed by atoms with van der Waals surface area (Å²) in [4.78, 5) is 0. The third-order valence-corrected chi connectivity index (χ3v) is 3.49. The number of azo groups is 1. The van der Waals surface area contributed by atoms with Crippen molar-refractivity contribution in [1.29, 1.82) is 0 Å². The molecule has 0 radical (unpaired) electrons. The zero-order valence-electron chi connectivity index (χ0n) is 9.59. The first-order valence-corrected chi connectivity index (χ1v) is 5.92. The largest absolute Gasteiger partial charge is 0.507 e. The molecule has 1 aliphatic carbocycles. The number of aromatic hydroxyl groups is 1. The van der Waals surface area contributed by atoms with Crippen molar-refractivity contribution >= 4 is 28.2 Å². The molecule has 86 valence electrons. The molecule has 0 unspecified atom stereocenters. The van der Waals surface area contributed by atoms with Gasteiger partial charge >= 0.3 is 0 Å². The highest BCUT2D eigenvalue weighted by molar-refractivity contribution is 6.09. The summed E-state index contributed by atoms with van der Waals surface area (Å²) in [5.41, 5.74) is 3.64. The quantitative estimate of drug-likeness (QED) is 0.615. The van der Waals surface area contributed by atoms with E-state index >= 15 is 0 Å². The van der Waals surface area contributed by atoms with Gasteiger partial charge < -0.3 is 5.11 Å². The fraction of sp³-hybridized carbons (Fsp3) is 0.0667. The van der Waals surface area contributed by atoms with Crippen LogP contribution in [0.4, 0.5) is 11.4 Å². The van der Waals surface area contributed by atoms with Gasteiger partial charge in [0.05, 0.1) is 5.69 Å². The Morgan fingerprint density at radius 3 is 3.00 bits per heavy atom. The molecule has 2 aromatic rings. The van der Waals surface area contributed by atoms with Crippen molar-refractivity contribution in [2.45, 2.75) is 6.42 Å². The van der Waals surface area contributed by atoms with Gasteiger partial charge in [0.15, 0.2) is 0 Å². The highest BCUT2D eigenvalue weighted by Gasteiger charge is 2.22. The Hall–Kier alpha value is -2.42. The summed E-state index contributed by atoms with van der Waals surface area (Å²) in [6, 6.07) is 5.75. The number of benzene rings is 2. The Balaban J connectivity index is 2.24. The topological polar surface area (TPSA) is 45.0 Å². The van der Waals surface area contributed by atoms with Gasteiger partial charge in [0.25, 0.3) is 0 Å². The highest BCUT2D eigenvalue weighted by Crippen LogP contribution is 2.49. The molecule has 18 heavy (non-hydrogen) atoms. The Morgan fingerprint density at radius 1 is 1.11 bits per heavy atom.